The summed E-state index contributed by atoms with van der Waals surface area (Å²) in [5.41, 5.74) is 5.22. The Balaban J connectivity index is 0.000000360. The summed E-state index contributed by atoms with van der Waals surface area (Å²) in [6, 6.07) is 3.66. The molecule has 1 aromatic rings. The summed E-state index contributed by atoms with van der Waals surface area (Å²) in [6.45, 7) is 0. The highest BCUT2D eigenvalue weighted by Crippen LogP contribution is 1.90. The van der Waals surface area contributed by atoms with Gasteiger partial charge in [-0.3, -0.25) is 4.70 Å². The van der Waals surface area contributed by atoms with E-state index in [9.17, 15) is 0 Å². The van der Waals surface area contributed by atoms with Gasteiger partial charge in [0.1, 0.15) is 5.82 Å². The van der Waals surface area contributed by atoms with Crippen LogP contribution in [0.5, 0.6) is 0 Å². The van der Waals surface area contributed by atoms with Crippen LogP contribution >= 0.6 is 0 Å². The van der Waals surface area contributed by atoms with Gasteiger partial charge in [-0.1, -0.05) is 0 Å². The molecule has 1 aromatic heterocycles. The van der Waals surface area contributed by atoms with Crippen LogP contribution in [0.25, 0.3) is 0 Å². The first-order valence-corrected chi connectivity index (χ1v) is 1.78. The number of hydrogen-bond acceptors (Lipinski definition) is 1. The topological polar surface area (TPSA) is 41.8 Å². The minimum absolute atomic E-state index is 0. The lowest BCUT2D eigenvalue weighted by atomic mass is 10.6. The molecule has 0 aliphatic rings. The number of H-pyrrole nitrogens is 1. The van der Waals surface area contributed by atoms with Crippen molar-refractivity contribution in [3.8, 4) is 0 Å². The molecule has 0 aromatic carbocycles. The molecule has 0 bridgehead atoms. The number of aromatic amines is 1. The average Bonchev–Trinajstić information content (AvgIpc) is 1.86. The summed E-state index contributed by atoms with van der Waals surface area (Å²) in [7, 11) is 0. The Hall–Kier alpha value is -0.990. The third kappa shape index (κ3) is 1.26. The highest BCUT2D eigenvalue weighted by atomic mass is 19.0. The lowest BCUT2D eigenvalue weighted by Crippen LogP contribution is -1.79. The molecule has 3 N–H and O–H groups in total. The second-order valence-electron chi connectivity index (χ2n) is 1.13. The molecule has 2 nitrogen and oxygen atoms in total. The Morgan fingerprint density at radius 1 is 1.57 bits per heavy atom. The molecule has 7 heavy (non-hydrogen) atoms. The predicted octanol–water partition coefficient (Wildman–Crippen LogP) is 0.749. The Kier molecular flexibility index (Phi) is 1.91. The maximum Gasteiger partial charge on any atom is 0.100 e. The largest absolute Gasteiger partial charge is 0.385 e. The van der Waals surface area contributed by atoms with E-state index in [2.05, 4.69) is 4.98 Å². The molecule has 0 atom stereocenters. The number of aromatic nitrogens is 1. The summed E-state index contributed by atoms with van der Waals surface area (Å²) in [5, 5.41) is 0. The van der Waals surface area contributed by atoms with E-state index in [0.29, 0.717) is 0 Å². The van der Waals surface area contributed by atoms with Crippen molar-refractivity contribution in [2.45, 2.75) is 0 Å². The first-order chi connectivity index (χ1) is 2.89. The van der Waals surface area contributed by atoms with Gasteiger partial charge in [0.05, 0.1) is 0 Å². The standard InChI is InChI=1S/C4H6N2.FH/c5-4-2-1-3-6-4;/h1-3,6H,5H2;1H. The first-order valence-electron chi connectivity index (χ1n) is 1.78. The van der Waals surface area contributed by atoms with E-state index in [-0.39, 0.29) is 4.70 Å². The smallest absolute Gasteiger partial charge is 0.100 e. The zero-order valence-electron chi connectivity index (χ0n) is 3.72. The van der Waals surface area contributed by atoms with Crippen molar-refractivity contribution in [3.63, 3.8) is 0 Å². The zero-order valence-corrected chi connectivity index (χ0v) is 3.72. The van der Waals surface area contributed by atoms with Crippen molar-refractivity contribution in [3.05, 3.63) is 18.3 Å². The van der Waals surface area contributed by atoms with Gasteiger partial charge in [-0.15, -0.1) is 0 Å². The van der Waals surface area contributed by atoms with Gasteiger partial charge in [-0.25, -0.2) is 0 Å². The first kappa shape index (κ1) is 6.01. The summed E-state index contributed by atoms with van der Waals surface area (Å²) in [4.78, 5) is 2.78. The quantitative estimate of drug-likeness (QED) is 0.498. The molecule has 0 radical (unpaired) electrons. The van der Waals surface area contributed by atoms with Crippen molar-refractivity contribution in [2.24, 2.45) is 0 Å². The van der Waals surface area contributed by atoms with Crippen molar-refractivity contribution in [1.29, 1.82) is 0 Å². The maximum atomic E-state index is 5.22. The van der Waals surface area contributed by atoms with Crippen LogP contribution in [-0.4, -0.2) is 4.98 Å². The van der Waals surface area contributed by atoms with Crippen LogP contribution in [-0.2, 0) is 0 Å². The van der Waals surface area contributed by atoms with Crippen molar-refractivity contribution in [1.82, 2.24) is 4.98 Å². The van der Waals surface area contributed by atoms with E-state index in [4.69, 9.17) is 5.73 Å². The molecule has 0 spiro atoms. The highest BCUT2D eigenvalue weighted by Gasteiger charge is 1.72. The van der Waals surface area contributed by atoms with E-state index >= 15 is 0 Å². The lowest BCUT2D eigenvalue weighted by molar-refractivity contribution is 1.11. The Bertz CT molecular complexity index is 113. The predicted molar refractivity (Wildman–Crippen MR) is 27.7 cm³/mol. The Labute approximate surface area is 40.7 Å². The van der Waals surface area contributed by atoms with Crippen molar-refractivity contribution < 1.29 is 4.70 Å². The van der Waals surface area contributed by atoms with Gasteiger partial charge >= 0.3 is 0 Å². The fourth-order valence-electron chi connectivity index (χ4n) is 0.344. The summed E-state index contributed by atoms with van der Waals surface area (Å²) in [6.07, 6.45) is 1.79. The molecule has 0 saturated carbocycles. The van der Waals surface area contributed by atoms with E-state index in [1.807, 2.05) is 6.07 Å². The SMILES string of the molecule is F.Nc1ccc[nH]1. The number of hydrogen-bond donors (Lipinski definition) is 2. The zero-order chi connectivity index (χ0) is 4.41. The molecular formula is C4H7FN2. The molecule has 1 rings (SSSR count). The molecule has 40 valence electrons. The number of nitrogens with two attached hydrogens (primary N) is 1. The van der Waals surface area contributed by atoms with Crippen molar-refractivity contribution in [2.75, 3.05) is 5.73 Å². The number of rotatable bonds is 0. The molecule has 0 aliphatic carbocycles. The third-order valence-electron chi connectivity index (χ3n) is 0.622. The Morgan fingerprint density at radius 2 is 2.29 bits per heavy atom. The van der Waals surface area contributed by atoms with E-state index in [1.165, 1.54) is 0 Å². The lowest BCUT2D eigenvalue weighted by Gasteiger charge is -1.72. The van der Waals surface area contributed by atoms with E-state index < -0.39 is 0 Å². The fraction of sp³-hybridized carbons (Fsp3) is 0. The minimum Gasteiger partial charge on any atom is -0.385 e. The molecule has 0 amide bonds. The summed E-state index contributed by atoms with van der Waals surface area (Å²) < 4.78 is 0. The number of halogens is 1. The maximum absolute atomic E-state index is 5.22. The molecule has 0 unspecified atom stereocenters. The van der Waals surface area contributed by atoms with Crippen LogP contribution in [0.3, 0.4) is 0 Å². The third-order valence-corrected chi connectivity index (χ3v) is 0.622. The molecule has 0 saturated heterocycles. The van der Waals surface area contributed by atoms with Gasteiger partial charge in [0.2, 0.25) is 0 Å². The molecule has 0 fully saturated rings. The van der Waals surface area contributed by atoms with Crippen LogP contribution in [0, 0.1) is 0 Å². The number of nitrogens with one attached hydrogen (secondary N) is 1. The number of anilines is 1. The van der Waals surface area contributed by atoms with E-state index in [0.717, 1.165) is 5.82 Å². The Morgan fingerprint density at radius 3 is 2.43 bits per heavy atom. The second kappa shape index (κ2) is 2.23. The molecule has 3 heteroatoms. The van der Waals surface area contributed by atoms with Gasteiger partial charge in [-0.05, 0) is 12.1 Å². The summed E-state index contributed by atoms with van der Waals surface area (Å²) >= 11 is 0. The van der Waals surface area contributed by atoms with Crippen LogP contribution in [0.4, 0.5) is 10.5 Å². The van der Waals surface area contributed by atoms with Gasteiger partial charge in [0.25, 0.3) is 0 Å². The molecule has 1 heterocycles. The van der Waals surface area contributed by atoms with Crippen LogP contribution < -0.4 is 5.73 Å². The van der Waals surface area contributed by atoms with E-state index in [1.54, 1.807) is 12.3 Å². The van der Waals surface area contributed by atoms with Gasteiger partial charge < -0.3 is 10.7 Å². The normalized spacial score (nSPS) is 7.43. The average molecular weight is 102 g/mol. The van der Waals surface area contributed by atoms with Gasteiger partial charge in [0.15, 0.2) is 0 Å². The number of nitrogen functional groups attached to an aromatic ring is 1. The fourth-order valence-corrected chi connectivity index (χ4v) is 0.344. The van der Waals surface area contributed by atoms with Crippen molar-refractivity contribution >= 4 is 5.82 Å². The molecular weight excluding hydrogens is 95.1 g/mol. The highest BCUT2D eigenvalue weighted by molar-refractivity contribution is 5.26. The van der Waals surface area contributed by atoms with Crippen LogP contribution in [0.1, 0.15) is 0 Å². The van der Waals surface area contributed by atoms with Gasteiger partial charge in [-0.2, -0.15) is 0 Å². The summed E-state index contributed by atoms with van der Waals surface area (Å²) in [5.74, 6) is 0.718. The molecule has 0 aliphatic heterocycles. The monoisotopic (exact) mass is 102 g/mol. The second-order valence-corrected chi connectivity index (χ2v) is 1.13. The van der Waals surface area contributed by atoms with Crippen LogP contribution in [0.2, 0.25) is 0 Å². The van der Waals surface area contributed by atoms with Crippen LogP contribution in [0.15, 0.2) is 18.3 Å². The van der Waals surface area contributed by atoms with Gasteiger partial charge in [0, 0.05) is 6.20 Å². The minimum atomic E-state index is 0.